The van der Waals surface area contributed by atoms with E-state index in [0.29, 0.717) is 5.69 Å². The van der Waals surface area contributed by atoms with Crippen molar-refractivity contribution in [3.8, 4) is 0 Å². The van der Waals surface area contributed by atoms with E-state index in [1.54, 1.807) is 24.4 Å². The zero-order valence-corrected chi connectivity index (χ0v) is 9.23. The number of carbonyl (C=O) groups is 1. The lowest BCUT2D eigenvalue weighted by atomic mass is 10.3. The van der Waals surface area contributed by atoms with Crippen LogP contribution in [0.25, 0.3) is 0 Å². The topological polar surface area (TPSA) is 74.8 Å². The van der Waals surface area contributed by atoms with Gasteiger partial charge in [0.2, 0.25) is 5.56 Å². The molecule has 0 bridgehead atoms. The third kappa shape index (κ3) is 2.78. The molecule has 0 unspecified atom stereocenters. The van der Waals surface area contributed by atoms with Crippen molar-refractivity contribution in [3.05, 3.63) is 58.3 Å². The molecule has 0 aliphatic rings. The van der Waals surface area contributed by atoms with Crippen LogP contribution in [-0.4, -0.2) is 15.9 Å². The molecule has 1 amide bonds. The van der Waals surface area contributed by atoms with Crippen molar-refractivity contribution in [2.75, 3.05) is 5.32 Å². The molecule has 5 heteroatoms. The van der Waals surface area contributed by atoms with Gasteiger partial charge in [-0.25, -0.2) is 0 Å². The van der Waals surface area contributed by atoms with Crippen molar-refractivity contribution >= 4 is 11.6 Å². The number of H-pyrrole nitrogens is 1. The quantitative estimate of drug-likeness (QED) is 0.815. The molecule has 86 valence electrons. The van der Waals surface area contributed by atoms with Gasteiger partial charge in [-0.3, -0.25) is 14.6 Å². The van der Waals surface area contributed by atoms with E-state index >= 15 is 0 Å². The maximum atomic E-state index is 11.8. The molecule has 0 aliphatic heterocycles. The molecule has 0 atom stereocenters. The fourth-order valence-electron chi connectivity index (χ4n) is 1.40. The minimum absolute atomic E-state index is 0.229. The van der Waals surface area contributed by atoms with Crippen LogP contribution < -0.4 is 10.9 Å². The lowest BCUT2D eigenvalue weighted by Crippen LogP contribution is -2.17. The van der Waals surface area contributed by atoms with Crippen molar-refractivity contribution < 1.29 is 4.79 Å². The summed E-state index contributed by atoms with van der Waals surface area (Å²) in [5.41, 5.74) is 1.38. The molecule has 2 aromatic heterocycles. The minimum atomic E-state index is -0.353. The highest BCUT2D eigenvalue weighted by Gasteiger charge is 2.06. The Bertz CT molecular complexity index is 604. The standard InChI is InChI=1S/C12H11N3O2/c1-8-7-9(5-6-13-8)14-12(17)10-3-2-4-11(16)15-10/h2-7H,1H3,(H,15,16)(H,13,14,17). The number of pyridine rings is 2. The number of anilines is 1. The molecule has 0 aromatic carbocycles. The fraction of sp³-hybridized carbons (Fsp3) is 0.0833. The molecule has 0 fully saturated rings. The van der Waals surface area contributed by atoms with E-state index in [4.69, 9.17) is 0 Å². The Morgan fingerprint density at radius 1 is 1.35 bits per heavy atom. The van der Waals surface area contributed by atoms with Gasteiger partial charge >= 0.3 is 0 Å². The molecule has 2 rings (SSSR count). The van der Waals surface area contributed by atoms with Crippen LogP contribution in [0.3, 0.4) is 0 Å². The van der Waals surface area contributed by atoms with E-state index in [1.807, 2.05) is 6.92 Å². The maximum Gasteiger partial charge on any atom is 0.272 e. The lowest BCUT2D eigenvalue weighted by molar-refractivity contribution is 0.102. The molecular weight excluding hydrogens is 218 g/mol. The Morgan fingerprint density at radius 3 is 2.88 bits per heavy atom. The molecule has 17 heavy (non-hydrogen) atoms. The van der Waals surface area contributed by atoms with Gasteiger partial charge in [0.15, 0.2) is 0 Å². The highest BCUT2D eigenvalue weighted by atomic mass is 16.2. The highest BCUT2D eigenvalue weighted by Crippen LogP contribution is 2.08. The van der Waals surface area contributed by atoms with Crippen molar-refractivity contribution in [1.82, 2.24) is 9.97 Å². The molecule has 0 radical (unpaired) electrons. The van der Waals surface area contributed by atoms with Gasteiger partial charge in [0, 0.05) is 23.6 Å². The third-order valence-corrected chi connectivity index (χ3v) is 2.17. The third-order valence-electron chi connectivity index (χ3n) is 2.17. The Morgan fingerprint density at radius 2 is 2.18 bits per heavy atom. The number of hydrogen-bond donors (Lipinski definition) is 2. The predicted octanol–water partition coefficient (Wildman–Crippen LogP) is 1.33. The number of aromatic amines is 1. The summed E-state index contributed by atoms with van der Waals surface area (Å²) in [5.74, 6) is -0.353. The number of hydrogen-bond acceptors (Lipinski definition) is 3. The van der Waals surface area contributed by atoms with Crippen LogP contribution in [0.2, 0.25) is 0 Å². The number of nitrogens with zero attached hydrogens (tertiary/aromatic N) is 1. The van der Waals surface area contributed by atoms with Gasteiger partial charge in [0.05, 0.1) is 0 Å². The number of amides is 1. The summed E-state index contributed by atoms with van der Waals surface area (Å²) in [6, 6.07) is 7.87. The number of rotatable bonds is 2. The van der Waals surface area contributed by atoms with Crippen molar-refractivity contribution in [3.63, 3.8) is 0 Å². The normalized spacial score (nSPS) is 9.94. The second-order valence-corrected chi connectivity index (χ2v) is 3.57. The predicted molar refractivity (Wildman–Crippen MR) is 64.0 cm³/mol. The monoisotopic (exact) mass is 229 g/mol. The highest BCUT2D eigenvalue weighted by molar-refractivity contribution is 6.02. The van der Waals surface area contributed by atoms with Gasteiger partial charge in [-0.2, -0.15) is 0 Å². The summed E-state index contributed by atoms with van der Waals surface area (Å²) < 4.78 is 0. The molecule has 2 aromatic rings. The average molecular weight is 229 g/mol. The zero-order valence-electron chi connectivity index (χ0n) is 9.23. The first-order valence-corrected chi connectivity index (χ1v) is 5.08. The van der Waals surface area contributed by atoms with Gasteiger partial charge in [0.1, 0.15) is 5.69 Å². The Balaban J connectivity index is 2.20. The smallest absolute Gasteiger partial charge is 0.272 e. The number of aromatic nitrogens is 2. The second kappa shape index (κ2) is 4.61. The van der Waals surface area contributed by atoms with E-state index in [1.165, 1.54) is 12.1 Å². The van der Waals surface area contributed by atoms with Gasteiger partial charge in [0.25, 0.3) is 5.91 Å². The summed E-state index contributed by atoms with van der Waals surface area (Å²) in [7, 11) is 0. The van der Waals surface area contributed by atoms with Crippen LogP contribution in [0.4, 0.5) is 5.69 Å². The Labute approximate surface area is 97.5 Å². The molecular formula is C12H11N3O2. The number of nitrogens with one attached hydrogen (secondary N) is 2. The van der Waals surface area contributed by atoms with Gasteiger partial charge in [-0.15, -0.1) is 0 Å². The van der Waals surface area contributed by atoms with E-state index in [-0.39, 0.29) is 17.2 Å². The van der Waals surface area contributed by atoms with Crippen LogP contribution in [0, 0.1) is 6.92 Å². The Hall–Kier alpha value is -2.43. The summed E-state index contributed by atoms with van der Waals surface area (Å²) in [4.78, 5) is 29.3. The molecule has 0 aliphatic carbocycles. The fourth-order valence-corrected chi connectivity index (χ4v) is 1.40. The Kier molecular flexibility index (Phi) is 3.00. The molecule has 0 saturated heterocycles. The largest absolute Gasteiger partial charge is 0.321 e. The van der Waals surface area contributed by atoms with E-state index in [0.717, 1.165) is 5.69 Å². The van der Waals surface area contributed by atoms with Crippen LogP contribution in [0.15, 0.2) is 41.3 Å². The molecule has 0 saturated carbocycles. The van der Waals surface area contributed by atoms with Gasteiger partial charge in [-0.05, 0) is 25.1 Å². The van der Waals surface area contributed by atoms with Gasteiger partial charge < -0.3 is 10.3 Å². The summed E-state index contributed by atoms with van der Waals surface area (Å²) >= 11 is 0. The van der Waals surface area contributed by atoms with Crippen LogP contribution >= 0.6 is 0 Å². The average Bonchev–Trinajstić information content (AvgIpc) is 2.29. The first-order chi connectivity index (χ1) is 8.15. The molecule has 5 nitrogen and oxygen atoms in total. The number of carbonyl (C=O) groups excluding carboxylic acids is 1. The summed E-state index contributed by atoms with van der Waals surface area (Å²) in [6.45, 7) is 1.83. The summed E-state index contributed by atoms with van der Waals surface area (Å²) in [6.07, 6.45) is 1.61. The first kappa shape index (κ1) is 11.1. The lowest BCUT2D eigenvalue weighted by Gasteiger charge is -2.04. The summed E-state index contributed by atoms with van der Waals surface area (Å²) in [5, 5.41) is 2.68. The SMILES string of the molecule is Cc1cc(NC(=O)c2cccc(=O)[nH]2)ccn1. The molecule has 2 N–H and O–H groups in total. The van der Waals surface area contributed by atoms with Crippen molar-refractivity contribution in [1.29, 1.82) is 0 Å². The molecule has 0 spiro atoms. The molecule has 2 heterocycles. The maximum absolute atomic E-state index is 11.8. The minimum Gasteiger partial charge on any atom is -0.321 e. The van der Waals surface area contributed by atoms with Crippen LogP contribution in [0.5, 0.6) is 0 Å². The van der Waals surface area contributed by atoms with Crippen molar-refractivity contribution in [2.45, 2.75) is 6.92 Å². The first-order valence-electron chi connectivity index (χ1n) is 5.08. The van der Waals surface area contributed by atoms with E-state index in [9.17, 15) is 9.59 Å². The second-order valence-electron chi connectivity index (χ2n) is 3.57. The van der Waals surface area contributed by atoms with Crippen molar-refractivity contribution in [2.24, 2.45) is 0 Å². The number of aryl methyl sites for hydroxylation is 1. The van der Waals surface area contributed by atoms with Crippen LogP contribution in [0.1, 0.15) is 16.2 Å². The van der Waals surface area contributed by atoms with Gasteiger partial charge in [-0.1, -0.05) is 6.07 Å². The van der Waals surface area contributed by atoms with E-state index < -0.39 is 0 Å². The van der Waals surface area contributed by atoms with Crippen LogP contribution in [-0.2, 0) is 0 Å². The van der Waals surface area contributed by atoms with E-state index in [2.05, 4.69) is 15.3 Å². The zero-order chi connectivity index (χ0) is 12.3.